The standard InChI is InChI=1S/C54H75N13O11/c1-64(2)28-8-6-12-44(55)53(71)57-34-40-35-66(63-60-40)30-10-11-31-76-36-49-50(68)51(69)52(70)54(78-49)77-43-23-13-37(14-24-43)25-27-56-26-7-9-29-65(3)41-19-15-38(16-20-41)58-61-45-32-48(75-5)46(33-47(45)74-4)62-59-39-17-21-42(22-18-39)67(72)73/h13-24,32-33,35,44,49-52,54,56,68-70H,6-12,25-31,34,36,55H2,1-5H3,(H,57,71)/t44-,49+,50+,51-,52+,54+/m0/s1. The Bertz CT molecular complexity index is 2660. The second-order valence-electron chi connectivity index (χ2n) is 19.2. The summed E-state index contributed by atoms with van der Waals surface area (Å²) in [5, 5.41) is 74.8. The van der Waals surface area contributed by atoms with Crippen LogP contribution in [0.25, 0.3) is 0 Å². The van der Waals surface area contributed by atoms with Crippen LogP contribution in [0, 0.1) is 10.1 Å². The SMILES string of the molecule is COc1cc(N=Nc2ccc([N+](=O)[O-])cc2)c(OC)cc1N=Nc1ccc(N(C)CCCCNCCc2ccc(O[C@@H]3O[C@H](COCCCCn4cc(CNC(=O)[C@@H](N)CCCCN(C)C)nn4)[C@@H](O)[C@H](O)[C@H]3O)cc2)cc1. The highest BCUT2D eigenvalue weighted by Crippen LogP contribution is 2.41. The summed E-state index contributed by atoms with van der Waals surface area (Å²) in [6, 6.07) is 23.7. The number of carbonyl (C=O) groups is 1. The first-order chi connectivity index (χ1) is 37.7. The lowest BCUT2D eigenvalue weighted by Crippen LogP contribution is -2.60. The number of aromatic nitrogens is 3. The Morgan fingerprint density at radius 2 is 1.47 bits per heavy atom. The van der Waals surface area contributed by atoms with Crippen molar-refractivity contribution in [2.75, 3.05) is 79.7 Å². The van der Waals surface area contributed by atoms with Crippen LogP contribution in [0.3, 0.4) is 0 Å². The van der Waals surface area contributed by atoms with Gasteiger partial charge in [0.1, 0.15) is 58.7 Å². The molecule has 1 amide bonds. The number of nitrogens with two attached hydrogens (primary N) is 1. The van der Waals surface area contributed by atoms with Gasteiger partial charge in [0.15, 0.2) is 0 Å². The minimum absolute atomic E-state index is 0.0110. The molecular weight excluding hydrogens is 1010 g/mol. The van der Waals surface area contributed by atoms with E-state index in [4.69, 9.17) is 29.4 Å². The zero-order valence-corrected chi connectivity index (χ0v) is 45.1. The summed E-state index contributed by atoms with van der Waals surface area (Å²) >= 11 is 0. The smallest absolute Gasteiger partial charge is 0.269 e. The Labute approximate surface area is 454 Å². The molecule has 1 saturated heterocycles. The number of non-ortho nitro benzene ring substituents is 1. The first-order valence-corrected chi connectivity index (χ1v) is 26.2. The molecule has 6 rings (SSSR count). The maximum Gasteiger partial charge on any atom is 0.269 e. The third kappa shape index (κ3) is 19.2. The largest absolute Gasteiger partial charge is 0.494 e. The second-order valence-corrected chi connectivity index (χ2v) is 19.2. The number of benzene rings is 4. The zero-order valence-electron chi connectivity index (χ0n) is 45.1. The summed E-state index contributed by atoms with van der Waals surface area (Å²) in [6.45, 7) is 4.67. The van der Waals surface area contributed by atoms with Crippen molar-refractivity contribution in [1.29, 1.82) is 0 Å². The number of nitro benzene ring substituents is 1. The monoisotopic (exact) mass is 1080 g/mol. The first kappa shape index (κ1) is 60.2. The molecule has 24 nitrogen and oxygen atoms in total. The summed E-state index contributed by atoms with van der Waals surface area (Å²) in [6.07, 6.45) is 2.00. The number of nitro groups is 1. The van der Waals surface area contributed by atoms with Crippen LogP contribution in [-0.2, 0) is 33.8 Å². The molecule has 0 bridgehead atoms. The third-order valence-corrected chi connectivity index (χ3v) is 12.9. The fourth-order valence-corrected chi connectivity index (χ4v) is 8.20. The minimum Gasteiger partial charge on any atom is -0.494 e. The number of ether oxygens (including phenoxy) is 5. The average molecular weight is 1080 g/mol. The van der Waals surface area contributed by atoms with E-state index in [1.807, 2.05) is 50.5 Å². The molecule has 4 aromatic carbocycles. The molecule has 7 N–H and O–H groups in total. The Kier molecular flexibility index (Phi) is 24.2. The average Bonchev–Trinajstić information content (AvgIpc) is 3.92. The number of aryl methyl sites for hydroxylation is 1. The number of azo groups is 2. The van der Waals surface area contributed by atoms with Crippen LogP contribution in [0.1, 0.15) is 56.2 Å². The van der Waals surface area contributed by atoms with E-state index in [1.165, 1.54) is 38.5 Å². The Morgan fingerprint density at radius 3 is 2.12 bits per heavy atom. The summed E-state index contributed by atoms with van der Waals surface area (Å²) in [5.41, 5.74) is 10.7. The van der Waals surface area contributed by atoms with Gasteiger partial charge in [-0.2, -0.15) is 10.2 Å². The van der Waals surface area contributed by atoms with Crippen molar-refractivity contribution >= 4 is 40.0 Å². The van der Waals surface area contributed by atoms with E-state index in [0.717, 1.165) is 76.0 Å². The molecule has 1 aliphatic rings. The van der Waals surface area contributed by atoms with Crippen LogP contribution in [0.2, 0.25) is 0 Å². The lowest BCUT2D eigenvalue weighted by Gasteiger charge is -2.40. The first-order valence-electron chi connectivity index (χ1n) is 26.2. The topological polar surface area (TPSA) is 304 Å². The molecule has 5 aromatic rings. The molecule has 422 valence electrons. The van der Waals surface area contributed by atoms with Crippen molar-refractivity contribution in [1.82, 2.24) is 30.5 Å². The molecule has 0 aliphatic carbocycles. The summed E-state index contributed by atoms with van der Waals surface area (Å²) in [5.74, 6) is 1.04. The lowest BCUT2D eigenvalue weighted by atomic mass is 9.99. The Balaban J connectivity index is 0.828. The molecular formula is C54H75N13O11. The number of nitrogens with zero attached hydrogens (tertiary/aromatic N) is 10. The molecule has 1 aromatic heterocycles. The van der Waals surface area contributed by atoms with E-state index in [2.05, 4.69) is 58.3 Å². The quantitative estimate of drug-likeness (QED) is 0.0114. The molecule has 0 radical (unpaired) electrons. The molecule has 24 heteroatoms. The predicted molar refractivity (Wildman–Crippen MR) is 293 cm³/mol. The minimum atomic E-state index is -1.49. The highest BCUT2D eigenvalue weighted by atomic mass is 16.7. The molecule has 2 heterocycles. The number of amides is 1. The normalized spacial score (nSPS) is 17.9. The van der Waals surface area contributed by atoms with Crippen molar-refractivity contribution in [2.45, 2.75) is 101 Å². The molecule has 1 aliphatic heterocycles. The second kappa shape index (κ2) is 31.4. The summed E-state index contributed by atoms with van der Waals surface area (Å²) < 4.78 is 30.4. The van der Waals surface area contributed by atoms with E-state index in [-0.39, 0.29) is 24.7 Å². The van der Waals surface area contributed by atoms with Crippen molar-refractivity contribution in [3.05, 3.63) is 112 Å². The van der Waals surface area contributed by atoms with Gasteiger partial charge in [-0.25, -0.2) is 0 Å². The van der Waals surface area contributed by atoms with E-state index in [0.29, 0.717) is 71.7 Å². The number of aliphatic hydroxyl groups excluding tert-OH is 3. The molecule has 0 spiro atoms. The molecule has 0 unspecified atom stereocenters. The predicted octanol–water partition coefficient (Wildman–Crippen LogP) is 6.44. The van der Waals surface area contributed by atoms with Gasteiger partial charge in [0, 0.05) is 56.7 Å². The van der Waals surface area contributed by atoms with Crippen molar-refractivity contribution in [2.24, 2.45) is 26.2 Å². The van der Waals surface area contributed by atoms with Gasteiger partial charge in [-0.15, -0.1) is 15.3 Å². The zero-order chi connectivity index (χ0) is 55.8. The van der Waals surface area contributed by atoms with Gasteiger partial charge in [0.05, 0.1) is 55.9 Å². The van der Waals surface area contributed by atoms with Gasteiger partial charge < -0.3 is 65.2 Å². The van der Waals surface area contributed by atoms with Crippen LogP contribution in [0.5, 0.6) is 17.2 Å². The fraction of sp³-hybridized carbons (Fsp3) is 0.500. The van der Waals surface area contributed by atoms with E-state index in [1.54, 1.807) is 35.1 Å². The number of hydrogen-bond acceptors (Lipinski definition) is 21. The molecule has 1 fully saturated rings. The Morgan fingerprint density at radius 1 is 0.821 bits per heavy atom. The number of methoxy groups -OCH3 is 2. The number of aliphatic hydroxyl groups is 3. The maximum absolute atomic E-state index is 12.4. The molecule has 6 atom stereocenters. The number of anilines is 1. The highest BCUT2D eigenvalue weighted by Gasteiger charge is 2.45. The number of hydrogen-bond donors (Lipinski definition) is 6. The van der Waals surface area contributed by atoms with Gasteiger partial charge in [0.2, 0.25) is 12.2 Å². The van der Waals surface area contributed by atoms with Gasteiger partial charge in [0.25, 0.3) is 5.69 Å². The number of unbranched alkanes of at least 4 members (excludes halogenated alkanes) is 3. The van der Waals surface area contributed by atoms with Crippen LogP contribution in [-0.4, -0.2) is 158 Å². The van der Waals surface area contributed by atoms with Crippen molar-refractivity contribution < 1.29 is 48.7 Å². The van der Waals surface area contributed by atoms with Crippen molar-refractivity contribution in [3.8, 4) is 17.2 Å². The van der Waals surface area contributed by atoms with E-state index >= 15 is 0 Å². The van der Waals surface area contributed by atoms with Crippen molar-refractivity contribution in [3.63, 3.8) is 0 Å². The summed E-state index contributed by atoms with van der Waals surface area (Å²) in [4.78, 5) is 27.2. The third-order valence-electron chi connectivity index (χ3n) is 12.9. The molecule has 78 heavy (non-hydrogen) atoms. The van der Waals surface area contributed by atoms with Crippen LogP contribution < -0.4 is 35.5 Å². The Hall–Kier alpha value is -7.03. The molecule has 0 saturated carbocycles. The van der Waals surface area contributed by atoms with E-state index < -0.39 is 41.7 Å². The van der Waals surface area contributed by atoms with Crippen LogP contribution >= 0.6 is 0 Å². The van der Waals surface area contributed by atoms with Gasteiger partial charge in [-0.1, -0.05) is 23.8 Å². The van der Waals surface area contributed by atoms with Crippen LogP contribution in [0.15, 0.2) is 112 Å². The summed E-state index contributed by atoms with van der Waals surface area (Å²) in [7, 11) is 9.10. The van der Waals surface area contributed by atoms with Gasteiger partial charge in [-0.3, -0.25) is 19.6 Å². The lowest BCUT2D eigenvalue weighted by molar-refractivity contribution is -0.384. The number of rotatable bonds is 33. The van der Waals surface area contributed by atoms with E-state index in [9.17, 15) is 30.2 Å². The van der Waals surface area contributed by atoms with Crippen LogP contribution in [0.4, 0.5) is 34.1 Å². The van der Waals surface area contributed by atoms with Gasteiger partial charge in [-0.05, 0) is 133 Å². The highest BCUT2D eigenvalue weighted by molar-refractivity contribution is 5.81. The number of nitrogens with one attached hydrogen (secondary N) is 2. The maximum atomic E-state index is 12.4. The fourth-order valence-electron chi connectivity index (χ4n) is 8.20. The van der Waals surface area contributed by atoms with Gasteiger partial charge >= 0.3 is 0 Å². The number of carbonyl (C=O) groups excluding carboxylic acids is 1.